The van der Waals surface area contributed by atoms with Crippen LogP contribution >= 0.6 is 0 Å². The number of carbonyl (C=O) groups is 1. The molecule has 0 spiro atoms. The summed E-state index contributed by atoms with van der Waals surface area (Å²) in [6.45, 7) is 12.0. The molecular weight excluding hydrogens is 276 g/mol. The minimum Gasteiger partial charge on any atom is -0.444 e. The lowest BCUT2D eigenvalue weighted by Crippen LogP contribution is -2.15. The van der Waals surface area contributed by atoms with E-state index in [2.05, 4.69) is 10.3 Å². The van der Waals surface area contributed by atoms with Gasteiger partial charge in [-0.2, -0.15) is 0 Å². The molecule has 0 bridgehead atoms. The predicted octanol–water partition coefficient (Wildman–Crippen LogP) is 4.08. The number of aryl methyl sites for hydroxylation is 3. The standard InChI is InChI=1S/C18H24N2O2/c1-11-7-8-14(12(2)9-11)20-16(21)10-15-13(3)19-17(22-15)18(4,5)6/h7-9H,10H2,1-6H3,(H,20,21). The molecule has 0 unspecified atom stereocenters. The second kappa shape index (κ2) is 5.95. The Hall–Kier alpha value is -2.10. The fourth-order valence-corrected chi connectivity index (χ4v) is 2.21. The summed E-state index contributed by atoms with van der Waals surface area (Å²) in [6, 6.07) is 5.96. The molecule has 22 heavy (non-hydrogen) atoms. The Morgan fingerprint density at radius 3 is 2.45 bits per heavy atom. The Morgan fingerprint density at radius 2 is 1.91 bits per heavy atom. The van der Waals surface area contributed by atoms with Gasteiger partial charge in [0, 0.05) is 11.1 Å². The third-order valence-electron chi connectivity index (χ3n) is 3.51. The molecule has 2 aromatic rings. The Bertz CT molecular complexity index is 694. The smallest absolute Gasteiger partial charge is 0.232 e. The van der Waals surface area contributed by atoms with E-state index in [1.54, 1.807) is 0 Å². The molecule has 1 aromatic heterocycles. The lowest BCUT2D eigenvalue weighted by Gasteiger charge is -2.12. The lowest BCUT2D eigenvalue weighted by molar-refractivity contribution is -0.115. The summed E-state index contributed by atoms with van der Waals surface area (Å²) >= 11 is 0. The van der Waals surface area contributed by atoms with Crippen molar-refractivity contribution in [2.75, 3.05) is 5.32 Å². The molecule has 118 valence electrons. The summed E-state index contributed by atoms with van der Waals surface area (Å²) in [5.74, 6) is 1.21. The van der Waals surface area contributed by atoms with Crippen LogP contribution in [0.25, 0.3) is 0 Å². The number of benzene rings is 1. The number of hydrogen-bond donors (Lipinski definition) is 1. The van der Waals surface area contributed by atoms with E-state index in [0.717, 1.165) is 16.9 Å². The third kappa shape index (κ3) is 3.75. The van der Waals surface area contributed by atoms with Gasteiger partial charge in [-0.3, -0.25) is 4.79 Å². The van der Waals surface area contributed by atoms with E-state index in [1.807, 2.05) is 59.7 Å². The Labute approximate surface area is 131 Å². The zero-order chi connectivity index (χ0) is 16.5. The molecule has 1 aromatic carbocycles. The van der Waals surface area contributed by atoms with E-state index in [4.69, 9.17) is 4.42 Å². The van der Waals surface area contributed by atoms with Gasteiger partial charge in [-0.05, 0) is 32.4 Å². The largest absolute Gasteiger partial charge is 0.444 e. The summed E-state index contributed by atoms with van der Waals surface area (Å²) in [6.07, 6.45) is 0.197. The number of anilines is 1. The van der Waals surface area contributed by atoms with Crippen molar-refractivity contribution in [3.63, 3.8) is 0 Å². The number of carbonyl (C=O) groups excluding carboxylic acids is 1. The van der Waals surface area contributed by atoms with Crippen molar-refractivity contribution in [3.8, 4) is 0 Å². The van der Waals surface area contributed by atoms with Crippen molar-refractivity contribution in [3.05, 3.63) is 46.7 Å². The monoisotopic (exact) mass is 300 g/mol. The molecule has 0 aliphatic carbocycles. The van der Waals surface area contributed by atoms with Crippen LogP contribution in [0.5, 0.6) is 0 Å². The summed E-state index contributed by atoms with van der Waals surface area (Å²) < 4.78 is 5.76. The van der Waals surface area contributed by atoms with Gasteiger partial charge in [-0.1, -0.05) is 38.5 Å². The van der Waals surface area contributed by atoms with Crippen molar-refractivity contribution in [2.45, 2.75) is 53.4 Å². The second-order valence-electron chi connectivity index (χ2n) is 6.82. The van der Waals surface area contributed by atoms with Gasteiger partial charge in [0.15, 0.2) is 5.89 Å². The molecule has 0 radical (unpaired) electrons. The van der Waals surface area contributed by atoms with Gasteiger partial charge >= 0.3 is 0 Å². The zero-order valence-corrected chi connectivity index (χ0v) is 14.2. The maximum Gasteiger partial charge on any atom is 0.232 e. The number of aromatic nitrogens is 1. The fraction of sp³-hybridized carbons (Fsp3) is 0.444. The van der Waals surface area contributed by atoms with E-state index in [9.17, 15) is 4.79 Å². The van der Waals surface area contributed by atoms with Crippen molar-refractivity contribution in [1.29, 1.82) is 0 Å². The van der Waals surface area contributed by atoms with E-state index in [1.165, 1.54) is 5.56 Å². The number of rotatable bonds is 3. The first kappa shape index (κ1) is 16.3. The summed E-state index contributed by atoms with van der Waals surface area (Å²) in [5.41, 5.74) is 3.69. The van der Waals surface area contributed by atoms with Crippen LogP contribution in [0.3, 0.4) is 0 Å². The molecule has 2 rings (SSSR count). The van der Waals surface area contributed by atoms with Crippen LogP contribution in [-0.4, -0.2) is 10.9 Å². The topological polar surface area (TPSA) is 55.1 Å². The van der Waals surface area contributed by atoms with E-state index < -0.39 is 0 Å². The highest BCUT2D eigenvalue weighted by Crippen LogP contribution is 2.24. The molecule has 0 fully saturated rings. The van der Waals surface area contributed by atoms with Gasteiger partial charge in [0.05, 0.1) is 12.1 Å². The van der Waals surface area contributed by atoms with Crippen LogP contribution in [-0.2, 0) is 16.6 Å². The van der Waals surface area contributed by atoms with Crippen molar-refractivity contribution < 1.29 is 9.21 Å². The van der Waals surface area contributed by atoms with Crippen molar-refractivity contribution in [1.82, 2.24) is 4.98 Å². The van der Waals surface area contributed by atoms with Gasteiger partial charge in [0.25, 0.3) is 0 Å². The van der Waals surface area contributed by atoms with E-state index >= 15 is 0 Å². The van der Waals surface area contributed by atoms with Gasteiger partial charge < -0.3 is 9.73 Å². The van der Waals surface area contributed by atoms with Gasteiger partial charge in [0.1, 0.15) is 5.76 Å². The predicted molar refractivity (Wildman–Crippen MR) is 88.2 cm³/mol. The number of nitrogens with one attached hydrogen (secondary N) is 1. The molecule has 0 saturated heterocycles. The zero-order valence-electron chi connectivity index (χ0n) is 14.2. The molecule has 1 N–H and O–H groups in total. The Morgan fingerprint density at radius 1 is 1.23 bits per heavy atom. The first-order valence-electron chi connectivity index (χ1n) is 7.50. The first-order valence-corrected chi connectivity index (χ1v) is 7.50. The fourth-order valence-electron chi connectivity index (χ4n) is 2.21. The average Bonchev–Trinajstić information content (AvgIpc) is 2.74. The van der Waals surface area contributed by atoms with Crippen molar-refractivity contribution >= 4 is 11.6 Å². The first-order chi connectivity index (χ1) is 10.2. The lowest BCUT2D eigenvalue weighted by atomic mass is 9.97. The molecule has 0 saturated carbocycles. The summed E-state index contributed by atoms with van der Waals surface area (Å²) in [4.78, 5) is 16.7. The quantitative estimate of drug-likeness (QED) is 0.929. The minimum atomic E-state index is -0.160. The SMILES string of the molecule is Cc1ccc(NC(=O)Cc2oc(C(C)(C)C)nc2C)c(C)c1. The van der Waals surface area contributed by atoms with Crippen LogP contribution in [0.4, 0.5) is 5.69 Å². The van der Waals surface area contributed by atoms with Crippen LogP contribution in [0, 0.1) is 20.8 Å². The second-order valence-corrected chi connectivity index (χ2v) is 6.82. The highest BCUT2D eigenvalue weighted by atomic mass is 16.4. The molecule has 1 heterocycles. The summed E-state index contributed by atoms with van der Waals surface area (Å²) in [5, 5.41) is 2.93. The van der Waals surface area contributed by atoms with E-state index in [-0.39, 0.29) is 17.7 Å². The number of amides is 1. The third-order valence-corrected chi connectivity index (χ3v) is 3.51. The Balaban J connectivity index is 2.11. The highest BCUT2D eigenvalue weighted by molar-refractivity contribution is 5.92. The molecule has 0 aliphatic heterocycles. The van der Waals surface area contributed by atoms with Gasteiger partial charge in [0.2, 0.25) is 5.91 Å². The number of nitrogens with zero attached hydrogens (tertiary/aromatic N) is 1. The summed E-state index contributed by atoms with van der Waals surface area (Å²) in [7, 11) is 0. The Kier molecular flexibility index (Phi) is 4.40. The van der Waals surface area contributed by atoms with Crippen LogP contribution in [0.15, 0.2) is 22.6 Å². The van der Waals surface area contributed by atoms with Crippen molar-refractivity contribution in [2.24, 2.45) is 0 Å². The molecule has 4 heteroatoms. The van der Waals surface area contributed by atoms with Crippen LogP contribution in [0.2, 0.25) is 0 Å². The number of oxazole rings is 1. The number of hydrogen-bond acceptors (Lipinski definition) is 3. The maximum atomic E-state index is 12.2. The normalized spacial score (nSPS) is 11.5. The molecule has 0 atom stereocenters. The molecule has 4 nitrogen and oxygen atoms in total. The van der Waals surface area contributed by atoms with Crippen LogP contribution < -0.4 is 5.32 Å². The van der Waals surface area contributed by atoms with Gasteiger partial charge in [-0.15, -0.1) is 0 Å². The highest BCUT2D eigenvalue weighted by Gasteiger charge is 2.23. The molecule has 0 aliphatic rings. The maximum absolute atomic E-state index is 12.2. The average molecular weight is 300 g/mol. The van der Waals surface area contributed by atoms with E-state index in [0.29, 0.717) is 11.7 Å². The molecular formula is C18H24N2O2. The van der Waals surface area contributed by atoms with Crippen LogP contribution in [0.1, 0.15) is 49.2 Å². The van der Waals surface area contributed by atoms with Gasteiger partial charge in [-0.25, -0.2) is 4.98 Å². The molecule has 1 amide bonds. The minimum absolute atomic E-state index is 0.0911.